The van der Waals surface area contributed by atoms with Crippen molar-refractivity contribution in [2.24, 2.45) is 11.1 Å². The Morgan fingerprint density at radius 2 is 2.11 bits per heavy atom. The van der Waals surface area contributed by atoms with Crippen LogP contribution in [-0.4, -0.2) is 12.3 Å². The molecule has 0 heterocycles. The minimum absolute atomic E-state index is 0.0484. The van der Waals surface area contributed by atoms with E-state index in [-0.39, 0.29) is 17.0 Å². The highest BCUT2D eigenvalue weighted by atomic mass is 35.5. The second-order valence-electron chi connectivity index (χ2n) is 5.29. The van der Waals surface area contributed by atoms with Gasteiger partial charge in [-0.3, -0.25) is 0 Å². The van der Waals surface area contributed by atoms with Gasteiger partial charge in [-0.25, -0.2) is 4.39 Å². The maximum absolute atomic E-state index is 13.1. The number of nitrogens with two attached hydrogens (primary N) is 1. The maximum Gasteiger partial charge on any atom is 0.141 e. The predicted octanol–water partition coefficient (Wildman–Crippen LogP) is 3.80. The maximum atomic E-state index is 13.1. The largest absolute Gasteiger partial charge is 0.358 e. The molecular formula is C14H19ClFN3. The molecular weight excluding hydrogens is 265 g/mol. The molecule has 4 N–H and O–H groups in total. The monoisotopic (exact) mass is 283 g/mol. The lowest BCUT2D eigenvalue weighted by atomic mass is 9.89. The molecule has 0 fully saturated rings. The molecule has 0 unspecified atom stereocenters. The van der Waals surface area contributed by atoms with Crippen LogP contribution in [0.1, 0.15) is 20.8 Å². The summed E-state index contributed by atoms with van der Waals surface area (Å²) in [5.74, 6) is -0.465. The average Bonchev–Trinajstić information content (AvgIpc) is 2.31. The van der Waals surface area contributed by atoms with E-state index < -0.39 is 5.82 Å². The van der Waals surface area contributed by atoms with Crippen molar-refractivity contribution in [2.45, 2.75) is 20.8 Å². The van der Waals surface area contributed by atoms with Crippen LogP contribution < -0.4 is 11.1 Å². The number of rotatable bonds is 4. The second-order valence-corrected chi connectivity index (χ2v) is 5.70. The van der Waals surface area contributed by atoms with Crippen LogP contribution in [0.25, 0.3) is 0 Å². The van der Waals surface area contributed by atoms with Gasteiger partial charge in [0.2, 0.25) is 0 Å². The van der Waals surface area contributed by atoms with E-state index in [1.54, 1.807) is 12.1 Å². The molecule has 104 valence electrons. The minimum Gasteiger partial charge on any atom is -0.358 e. The first kappa shape index (κ1) is 15.7. The Bertz CT molecular complexity index is 504. The van der Waals surface area contributed by atoms with Crippen molar-refractivity contribution in [2.75, 3.05) is 11.9 Å². The van der Waals surface area contributed by atoms with Crippen molar-refractivity contribution >= 4 is 23.0 Å². The first-order valence-electron chi connectivity index (χ1n) is 5.96. The third-order valence-electron chi connectivity index (χ3n) is 2.57. The van der Waals surface area contributed by atoms with Crippen LogP contribution >= 0.6 is 11.6 Å². The topological polar surface area (TPSA) is 61.9 Å². The van der Waals surface area contributed by atoms with Crippen LogP contribution in [0.15, 0.2) is 30.0 Å². The van der Waals surface area contributed by atoms with Gasteiger partial charge in [-0.1, -0.05) is 32.4 Å². The van der Waals surface area contributed by atoms with E-state index in [9.17, 15) is 4.39 Å². The number of nitrogens with one attached hydrogen (secondary N) is 2. The predicted molar refractivity (Wildman–Crippen MR) is 79.4 cm³/mol. The molecule has 0 aliphatic carbocycles. The van der Waals surface area contributed by atoms with Crippen molar-refractivity contribution in [1.29, 1.82) is 5.41 Å². The van der Waals surface area contributed by atoms with Crippen LogP contribution in [0.3, 0.4) is 0 Å². The fourth-order valence-corrected chi connectivity index (χ4v) is 1.48. The number of benzene rings is 1. The molecule has 1 aromatic carbocycles. The fraction of sp³-hybridized carbons (Fsp3) is 0.357. The van der Waals surface area contributed by atoms with Crippen LogP contribution in [-0.2, 0) is 0 Å². The summed E-state index contributed by atoms with van der Waals surface area (Å²) in [5.41, 5.74) is 7.19. The minimum atomic E-state index is -0.465. The molecule has 0 bridgehead atoms. The van der Waals surface area contributed by atoms with Crippen molar-refractivity contribution in [3.63, 3.8) is 0 Å². The number of halogens is 2. The van der Waals surface area contributed by atoms with Crippen LogP contribution in [0.5, 0.6) is 0 Å². The van der Waals surface area contributed by atoms with Crippen LogP contribution in [0.2, 0.25) is 5.02 Å². The van der Waals surface area contributed by atoms with Gasteiger partial charge in [-0.2, -0.15) is 0 Å². The van der Waals surface area contributed by atoms with Gasteiger partial charge in [0.1, 0.15) is 5.82 Å². The van der Waals surface area contributed by atoms with Crippen molar-refractivity contribution in [1.82, 2.24) is 0 Å². The summed E-state index contributed by atoms with van der Waals surface area (Å²) < 4.78 is 13.1. The summed E-state index contributed by atoms with van der Waals surface area (Å²) in [6, 6.07) is 4.35. The van der Waals surface area contributed by atoms with E-state index in [4.69, 9.17) is 22.7 Å². The lowest BCUT2D eigenvalue weighted by Gasteiger charge is -2.18. The lowest BCUT2D eigenvalue weighted by Crippen LogP contribution is -2.20. The summed E-state index contributed by atoms with van der Waals surface area (Å²) in [5, 5.41) is 11.1. The molecule has 1 aromatic rings. The molecule has 0 aromatic heterocycles. The number of allylic oxidation sites excluding steroid dienone is 1. The fourth-order valence-electron chi connectivity index (χ4n) is 1.30. The molecule has 19 heavy (non-hydrogen) atoms. The van der Waals surface area contributed by atoms with E-state index >= 15 is 0 Å². The molecule has 0 aliphatic heterocycles. The number of hydrogen-bond acceptors (Lipinski definition) is 3. The van der Waals surface area contributed by atoms with Gasteiger partial charge < -0.3 is 16.5 Å². The van der Waals surface area contributed by atoms with Gasteiger partial charge in [0.05, 0.1) is 5.02 Å². The molecule has 0 saturated heterocycles. The molecule has 3 nitrogen and oxygen atoms in total. The van der Waals surface area contributed by atoms with Gasteiger partial charge in [0.25, 0.3) is 0 Å². The Morgan fingerprint density at radius 1 is 1.47 bits per heavy atom. The Balaban J connectivity index is 2.91. The molecule has 1 rings (SSSR count). The van der Waals surface area contributed by atoms with E-state index in [1.807, 2.05) is 20.8 Å². The van der Waals surface area contributed by atoms with Crippen molar-refractivity contribution in [3.8, 4) is 0 Å². The van der Waals surface area contributed by atoms with Crippen LogP contribution in [0, 0.1) is 16.6 Å². The molecule has 0 saturated carbocycles. The summed E-state index contributed by atoms with van der Waals surface area (Å²) in [6.45, 7) is 6.12. The van der Waals surface area contributed by atoms with E-state index in [1.165, 1.54) is 12.1 Å². The van der Waals surface area contributed by atoms with Gasteiger partial charge >= 0.3 is 0 Å². The first-order valence-corrected chi connectivity index (χ1v) is 6.33. The molecule has 0 radical (unpaired) electrons. The number of hydrogen-bond donors (Lipinski definition) is 3. The second kappa shape index (κ2) is 6.17. The summed E-state index contributed by atoms with van der Waals surface area (Å²) in [6.07, 6.45) is 1.69. The third kappa shape index (κ3) is 4.65. The Hall–Kier alpha value is -1.39. The molecule has 5 heteroatoms. The molecule has 0 aliphatic rings. The summed E-state index contributed by atoms with van der Waals surface area (Å²) in [4.78, 5) is 0. The normalized spacial score (nSPS) is 12.4. The zero-order valence-corrected chi connectivity index (χ0v) is 12.1. The molecule has 0 amide bonds. The summed E-state index contributed by atoms with van der Waals surface area (Å²) >= 11 is 5.71. The Kier molecular flexibility index (Phi) is 5.09. The van der Waals surface area contributed by atoms with E-state index in [0.717, 1.165) is 0 Å². The zero-order valence-electron chi connectivity index (χ0n) is 11.3. The SMILES string of the molecule is CC(C)(C)C(=N)/C=C(/CN)Nc1ccc(F)c(Cl)c1. The highest BCUT2D eigenvalue weighted by molar-refractivity contribution is 6.31. The Morgan fingerprint density at radius 3 is 2.58 bits per heavy atom. The summed E-state index contributed by atoms with van der Waals surface area (Å²) in [7, 11) is 0. The van der Waals surface area contributed by atoms with Crippen molar-refractivity contribution < 1.29 is 4.39 Å². The van der Waals surface area contributed by atoms with Crippen molar-refractivity contribution in [3.05, 3.63) is 40.8 Å². The van der Waals surface area contributed by atoms with Gasteiger partial charge in [0, 0.05) is 29.1 Å². The average molecular weight is 284 g/mol. The lowest BCUT2D eigenvalue weighted by molar-refractivity contribution is 0.590. The van der Waals surface area contributed by atoms with Gasteiger partial charge in [-0.05, 0) is 24.3 Å². The van der Waals surface area contributed by atoms with Crippen LogP contribution in [0.4, 0.5) is 10.1 Å². The Labute approximate surface area is 118 Å². The number of anilines is 1. The van der Waals surface area contributed by atoms with E-state index in [2.05, 4.69) is 5.32 Å². The quantitative estimate of drug-likeness (QED) is 0.736. The highest BCUT2D eigenvalue weighted by Crippen LogP contribution is 2.21. The molecule has 0 spiro atoms. The smallest absolute Gasteiger partial charge is 0.141 e. The standard InChI is InChI=1S/C14H19ClFN3/c1-14(2,3)13(18)7-10(8-17)19-9-4-5-12(16)11(15)6-9/h4-7,18-19H,8,17H2,1-3H3/b10-7-,18-13?. The third-order valence-corrected chi connectivity index (χ3v) is 2.86. The van der Waals surface area contributed by atoms with Gasteiger partial charge in [-0.15, -0.1) is 0 Å². The zero-order chi connectivity index (χ0) is 14.6. The van der Waals surface area contributed by atoms with Gasteiger partial charge in [0.15, 0.2) is 0 Å². The van der Waals surface area contributed by atoms with E-state index in [0.29, 0.717) is 17.1 Å². The first-order chi connectivity index (χ1) is 8.74. The highest BCUT2D eigenvalue weighted by Gasteiger charge is 2.15. The molecule has 0 atom stereocenters.